The molecule has 6 heteroatoms. The summed E-state index contributed by atoms with van der Waals surface area (Å²) in [6.45, 7) is 0. The smallest absolute Gasteiger partial charge is 0.186 e. The van der Waals surface area contributed by atoms with E-state index in [4.69, 9.17) is 4.74 Å². The molecule has 1 unspecified atom stereocenters. The summed E-state index contributed by atoms with van der Waals surface area (Å²) in [6, 6.07) is 16.3. The van der Waals surface area contributed by atoms with Crippen molar-refractivity contribution in [2.75, 3.05) is 12.4 Å². The van der Waals surface area contributed by atoms with Crippen molar-refractivity contribution in [3.63, 3.8) is 0 Å². The molecule has 1 atom stereocenters. The number of hydrogen-bond donors (Lipinski definition) is 2. The fourth-order valence-corrected chi connectivity index (χ4v) is 3.78. The van der Waals surface area contributed by atoms with E-state index in [1.54, 1.807) is 7.11 Å². The van der Waals surface area contributed by atoms with Crippen molar-refractivity contribution in [1.29, 1.82) is 0 Å². The van der Waals surface area contributed by atoms with Crippen LogP contribution in [0.1, 0.15) is 18.0 Å². The first-order chi connectivity index (χ1) is 14.8. The molecule has 1 aliphatic rings. The molecule has 0 fully saturated rings. The number of hydrogen-bond acceptors (Lipinski definition) is 5. The van der Waals surface area contributed by atoms with E-state index in [-0.39, 0.29) is 5.92 Å². The molecule has 5 rings (SSSR count). The lowest BCUT2D eigenvalue weighted by Crippen LogP contribution is -2.02. The standard InChI is InChI=1S/C24H21N5O/c1-30-20-13-12-18(16-8-4-2-5-9-16)14-19(20)27-23-21-22(17-10-6-3-7-11-17)28-29-24(21)26-15-25-23/h2-10,12-15,17H,11H2,1H3,(H2,25,26,27,28,29). The molecule has 148 valence electrons. The van der Waals surface area contributed by atoms with Crippen LogP contribution in [0.3, 0.4) is 0 Å². The van der Waals surface area contributed by atoms with Gasteiger partial charge in [-0.2, -0.15) is 5.10 Å². The predicted molar refractivity (Wildman–Crippen MR) is 119 cm³/mol. The maximum atomic E-state index is 5.60. The number of ether oxygens (including phenoxy) is 1. The van der Waals surface area contributed by atoms with Crippen molar-refractivity contribution in [1.82, 2.24) is 20.2 Å². The normalized spacial score (nSPS) is 15.4. The van der Waals surface area contributed by atoms with Gasteiger partial charge in [-0.15, -0.1) is 0 Å². The topological polar surface area (TPSA) is 75.7 Å². The lowest BCUT2D eigenvalue weighted by Gasteiger charge is -2.15. The Balaban J connectivity index is 1.58. The Bertz CT molecular complexity index is 1240. The van der Waals surface area contributed by atoms with Gasteiger partial charge in [-0.1, -0.05) is 60.7 Å². The summed E-state index contributed by atoms with van der Waals surface area (Å²) in [7, 11) is 1.67. The highest BCUT2D eigenvalue weighted by Gasteiger charge is 2.20. The van der Waals surface area contributed by atoms with Crippen LogP contribution >= 0.6 is 0 Å². The third-order valence-electron chi connectivity index (χ3n) is 5.29. The van der Waals surface area contributed by atoms with Crippen LogP contribution in [-0.4, -0.2) is 27.3 Å². The number of methoxy groups -OCH3 is 1. The molecule has 2 N–H and O–H groups in total. The van der Waals surface area contributed by atoms with Gasteiger partial charge in [-0.25, -0.2) is 9.97 Å². The van der Waals surface area contributed by atoms with Gasteiger partial charge in [0.2, 0.25) is 0 Å². The number of aromatic nitrogens is 4. The molecule has 2 heterocycles. The minimum absolute atomic E-state index is 0.212. The first-order valence-electron chi connectivity index (χ1n) is 9.86. The van der Waals surface area contributed by atoms with Crippen LogP contribution in [0, 0.1) is 0 Å². The zero-order valence-electron chi connectivity index (χ0n) is 16.5. The average molecular weight is 395 g/mol. The van der Waals surface area contributed by atoms with E-state index in [9.17, 15) is 0 Å². The number of anilines is 2. The van der Waals surface area contributed by atoms with E-state index in [1.165, 1.54) is 6.33 Å². The maximum Gasteiger partial charge on any atom is 0.186 e. The second-order valence-corrected chi connectivity index (χ2v) is 7.12. The van der Waals surface area contributed by atoms with Crippen LogP contribution in [0.4, 0.5) is 11.5 Å². The molecule has 30 heavy (non-hydrogen) atoms. The monoisotopic (exact) mass is 395 g/mol. The van der Waals surface area contributed by atoms with Crippen LogP contribution in [0.15, 0.2) is 79.2 Å². The van der Waals surface area contributed by atoms with Gasteiger partial charge in [0.05, 0.1) is 23.9 Å². The molecule has 0 bridgehead atoms. The molecule has 2 aromatic heterocycles. The summed E-state index contributed by atoms with van der Waals surface area (Å²) < 4.78 is 5.60. The van der Waals surface area contributed by atoms with Crippen LogP contribution in [0.25, 0.3) is 22.2 Å². The maximum absolute atomic E-state index is 5.60. The zero-order chi connectivity index (χ0) is 20.3. The predicted octanol–water partition coefficient (Wildman–Crippen LogP) is 5.37. The van der Waals surface area contributed by atoms with Gasteiger partial charge >= 0.3 is 0 Å². The molecule has 0 radical (unpaired) electrons. The number of H-pyrrole nitrogens is 1. The third-order valence-corrected chi connectivity index (χ3v) is 5.29. The first kappa shape index (κ1) is 18.1. The molecule has 2 aromatic carbocycles. The lowest BCUT2D eigenvalue weighted by molar-refractivity contribution is 0.417. The Labute approximate surface area is 174 Å². The Morgan fingerprint density at radius 2 is 1.93 bits per heavy atom. The fraction of sp³-hybridized carbons (Fsp3) is 0.125. The van der Waals surface area contributed by atoms with Crippen molar-refractivity contribution in [2.24, 2.45) is 0 Å². The minimum Gasteiger partial charge on any atom is -0.495 e. The molecule has 4 aromatic rings. The number of allylic oxidation sites excluding steroid dienone is 4. The summed E-state index contributed by atoms with van der Waals surface area (Å²) in [5, 5.41) is 11.9. The van der Waals surface area contributed by atoms with Crippen LogP contribution < -0.4 is 10.1 Å². The number of fused-ring (bicyclic) bond motifs is 1. The fourth-order valence-electron chi connectivity index (χ4n) is 3.78. The largest absolute Gasteiger partial charge is 0.495 e. The molecule has 1 aliphatic carbocycles. The Morgan fingerprint density at radius 1 is 1.03 bits per heavy atom. The van der Waals surface area contributed by atoms with Gasteiger partial charge in [-0.3, -0.25) is 5.10 Å². The van der Waals surface area contributed by atoms with E-state index in [2.05, 4.69) is 74.1 Å². The molecular formula is C24H21N5O. The highest BCUT2D eigenvalue weighted by molar-refractivity contribution is 5.92. The van der Waals surface area contributed by atoms with Crippen LogP contribution in [0.2, 0.25) is 0 Å². The van der Waals surface area contributed by atoms with E-state index in [1.807, 2.05) is 24.3 Å². The highest BCUT2D eigenvalue weighted by atomic mass is 16.5. The van der Waals surface area contributed by atoms with Gasteiger partial charge in [0.25, 0.3) is 0 Å². The van der Waals surface area contributed by atoms with Gasteiger partial charge in [0, 0.05) is 5.92 Å². The Morgan fingerprint density at radius 3 is 2.73 bits per heavy atom. The molecular weight excluding hydrogens is 374 g/mol. The van der Waals surface area contributed by atoms with E-state index >= 15 is 0 Å². The Kier molecular flexibility index (Phi) is 4.73. The Hall–Kier alpha value is -3.93. The zero-order valence-corrected chi connectivity index (χ0v) is 16.5. The van der Waals surface area contributed by atoms with Gasteiger partial charge in [0.15, 0.2) is 5.65 Å². The minimum atomic E-state index is 0.212. The number of benzene rings is 2. The van der Waals surface area contributed by atoms with Crippen LogP contribution in [0.5, 0.6) is 5.75 Å². The van der Waals surface area contributed by atoms with Crippen molar-refractivity contribution < 1.29 is 4.74 Å². The molecule has 0 amide bonds. The van der Waals surface area contributed by atoms with Crippen molar-refractivity contribution in [2.45, 2.75) is 12.3 Å². The number of aromatic amines is 1. The third kappa shape index (κ3) is 3.33. The summed E-state index contributed by atoms with van der Waals surface area (Å²) in [5.41, 5.74) is 4.72. The number of nitrogens with zero attached hydrogens (tertiary/aromatic N) is 3. The van der Waals surface area contributed by atoms with Gasteiger partial charge in [-0.05, 0) is 29.7 Å². The molecule has 0 saturated carbocycles. The SMILES string of the molecule is COc1ccc(-c2ccccc2)cc1Nc1ncnc2n[nH]c(C3C=CC=CC3)c12. The number of rotatable bonds is 5. The van der Waals surface area contributed by atoms with Crippen molar-refractivity contribution in [3.05, 3.63) is 84.9 Å². The van der Waals surface area contributed by atoms with Crippen LogP contribution in [-0.2, 0) is 0 Å². The second-order valence-electron chi connectivity index (χ2n) is 7.12. The van der Waals surface area contributed by atoms with Crippen molar-refractivity contribution >= 4 is 22.5 Å². The summed E-state index contributed by atoms with van der Waals surface area (Å²) in [5.74, 6) is 1.66. The highest BCUT2D eigenvalue weighted by Crippen LogP contribution is 2.36. The van der Waals surface area contributed by atoms with E-state index in [0.29, 0.717) is 11.5 Å². The summed E-state index contributed by atoms with van der Waals surface area (Å²) in [6.07, 6.45) is 10.9. The quantitative estimate of drug-likeness (QED) is 0.475. The summed E-state index contributed by atoms with van der Waals surface area (Å²) >= 11 is 0. The molecule has 6 nitrogen and oxygen atoms in total. The molecule has 0 spiro atoms. The molecule has 0 aliphatic heterocycles. The average Bonchev–Trinajstić information content (AvgIpc) is 3.25. The molecule has 0 saturated heterocycles. The summed E-state index contributed by atoms with van der Waals surface area (Å²) in [4.78, 5) is 8.87. The van der Waals surface area contributed by atoms with Gasteiger partial charge in [0.1, 0.15) is 17.9 Å². The second kappa shape index (κ2) is 7.83. The van der Waals surface area contributed by atoms with E-state index in [0.717, 1.165) is 40.1 Å². The number of nitrogens with one attached hydrogen (secondary N) is 2. The van der Waals surface area contributed by atoms with E-state index < -0.39 is 0 Å². The van der Waals surface area contributed by atoms with Gasteiger partial charge < -0.3 is 10.1 Å². The van der Waals surface area contributed by atoms with Crippen molar-refractivity contribution in [3.8, 4) is 16.9 Å². The first-order valence-corrected chi connectivity index (χ1v) is 9.86. The lowest BCUT2D eigenvalue weighted by atomic mass is 9.95.